The van der Waals surface area contributed by atoms with Gasteiger partial charge >= 0.3 is 0 Å². The van der Waals surface area contributed by atoms with Gasteiger partial charge in [0, 0.05) is 39.4 Å². The Bertz CT molecular complexity index is 348. The number of methoxy groups -OCH3 is 1. The van der Waals surface area contributed by atoms with Crippen molar-refractivity contribution in [3.8, 4) is 0 Å². The molecule has 0 aliphatic rings. The summed E-state index contributed by atoms with van der Waals surface area (Å²) in [6.07, 6.45) is 2.66. The molecule has 0 unspecified atom stereocenters. The minimum Gasteiger partial charge on any atom is -0.383 e. The van der Waals surface area contributed by atoms with E-state index in [4.69, 9.17) is 4.74 Å². The van der Waals surface area contributed by atoms with Crippen molar-refractivity contribution in [3.05, 3.63) is 12.4 Å². The summed E-state index contributed by atoms with van der Waals surface area (Å²) in [6, 6.07) is 1.94. The molecule has 0 aliphatic carbocycles. The zero-order valence-corrected chi connectivity index (χ0v) is 12.1. The molecule has 0 fully saturated rings. The maximum Gasteiger partial charge on any atom is 0.131 e. The third kappa shape index (κ3) is 6.93. The fourth-order valence-electron chi connectivity index (χ4n) is 1.54. The molecule has 6 nitrogen and oxygen atoms in total. The van der Waals surface area contributed by atoms with Gasteiger partial charge in [0.1, 0.15) is 18.0 Å². The van der Waals surface area contributed by atoms with E-state index in [1.54, 1.807) is 13.4 Å². The third-order valence-corrected chi connectivity index (χ3v) is 2.70. The predicted octanol–water partition coefficient (Wildman–Crippen LogP) is 1.29. The van der Waals surface area contributed by atoms with Crippen molar-refractivity contribution in [2.75, 3.05) is 57.6 Å². The number of nitrogens with one attached hydrogen (secondary N) is 2. The van der Waals surface area contributed by atoms with Crippen LogP contribution in [0.5, 0.6) is 0 Å². The van der Waals surface area contributed by atoms with Crippen molar-refractivity contribution >= 4 is 11.6 Å². The molecule has 0 radical (unpaired) electrons. The van der Waals surface area contributed by atoms with E-state index in [0.29, 0.717) is 0 Å². The summed E-state index contributed by atoms with van der Waals surface area (Å²) >= 11 is 0. The largest absolute Gasteiger partial charge is 0.383 e. The first-order valence-corrected chi connectivity index (χ1v) is 6.73. The van der Waals surface area contributed by atoms with E-state index in [2.05, 4.69) is 39.5 Å². The topological polar surface area (TPSA) is 62.3 Å². The minimum absolute atomic E-state index is 0.759. The summed E-state index contributed by atoms with van der Waals surface area (Å²) in [6.45, 7) is 6.55. The van der Waals surface area contributed by atoms with E-state index in [-0.39, 0.29) is 0 Å². The Morgan fingerprint density at radius 1 is 1.16 bits per heavy atom. The lowest BCUT2D eigenvalue weighted by molar-refractivity contribution is 0.163. The van der Waals surface area contributed by atoms with Gasteiger partial charge in [-0.15, -0.1) is 0 Å². The molecule has 1 rings (SSSR count). The van der Waals surface area contributed by atoms with Crippen molar-refractivity contribution in [3.63, 3.8) is 0 Å². The van der Waals surface area contributed by atoms with Crippen molar-refractivity contribution in [2.45, 2.75) is 13.3 Å². The highest BCUT2D eigenvalue weighted by molar-refractivity contribution is 5.46. The molecular formula is C13H25N5O. The quantitative estimate of drug-likeness (QED) is 0.666. The van der Waals surface area contributed by atoms with Gasteiger partial charge in [0.25, 0.3) is 0 Å². The van der Waals surface area contributed by atoms with Crippen LogP contribution in [0.4, 0.5) is 11.6 Å². The van der Waals surface area contributed by atoms with Crippen molar-refractivity contribution < 1.29 is 4.74 Å². The molecule has 19 heavy (non-hydrogen) atoms. The average molecular weight is 267 g/mol. The van der Waals surface area contributed by atoms with Crippen LogP contribution in [-0.4, -0.2) is 61.8 Å². The first-order valence-electron chi connectivity index (χ1n) is 6.73. The minimum atomic E-state index is 0.759. The highest BCUT2D eigenvalue weighted by atomic mass is 16.5. The first kappa shape index (κ1) is 15.7. The summed E-state index contributed by atoms with van der Waals surface area (Å²) in [5, 5.41) is 6.54. The second-order valence-corrected chi connectivity index (χ2v) is 4.44. The fraction of sp³-hybridized carbons (Fsp3) is 0.692. The van der Waals surface area contributed by atoms with Gasteiger partial charge in [-0.05, 0) is 13.5 Å². The summed E-state index contributed by atoms with van der Waals surface area (Å²) in [4.78, 5) is 10.6. The van der Waals surface area contributed by atoms with Gasteiger partial charge in [0.15, 0.2) is 0 Å². The van der Waals surface area contributed by atoms with E-state index >= 15 is 0 Å². The molecular weight excluding hydrogens is 242 g/mol. The van der Waals surface area contributed by atoms with Gasteiger partial charge < -0.3 is 20.3 Å². The molecule has 0 spiro atoms. The average Bonchev–Trinajstić information content (AvgIpc) is 2.43. The molecule has 2 N–H and O–H groups in total. The normalized spacial score (nSPS) is 10.7. The van der Waals surface area contributed by atoms with Gasteiger partial charge in [-0.25, -0.2) is 9.97 Å². The van der Waals surface area contributed by atoms with Crippen LogP contribution in [0.25, 0.3) is 0 Å². The molecule has 0 saturated heterocycles. The first-order chi connectivity index (χ1) is 9.26. The zero-order valence-electron chi connectivity index (χ0n) is 12.1. The van der Waals surface area contributed by atoms with Crippen LogP contribution in [0.15, 0.2) is 12.4 Å². The van der Waals surface area contributed by atoms with Crippen LogP contribution in [-0.2, 0) is 4.74 Å². The number of hydrogen-bond donors (Lipinski definition) is 2. The molecule has 0 saturated carbocycles. The Kier molecular flexibility index (Phi) is 7.84. The van der Waals surface area contributed by atoms with Gasteiger partial charge in [-0.3, -0.25) is 0 Å². The lowest BCUT2D eigenvalue weighted by Crippen LogP contribution is -2.28. The Morgan fingerprint density at radius 2 is 1.84 bits per heavy atom. The number of nitrogens with zero attached hydrogens (tertiary/aromatic N) is 3. The Morgan fingerprint density at radius 3 is 2.47 bits per heavy atom. The van der Waals surface area contributed by atoms with Crippen LogP contribution in [0.2, 0.25) is 0 Å². The molecule has 0 amide bonds. The summed E-state index contributed by atoms with van der Waals surface area (Å²) in [7, 11) is 3.80. The van der Waals surface area contributed by atoms with Crippen molar-refractivity contribution in [1.82, 2.24) is 14.9 Å². The van der Waals surface area contributed by atoms with Crippen molar-refractivity contribution in [2.24, 2.45) is 0 Å². The third-order valence-electron chi connectivity index (χ3n) is 2.70. The number of ether oxygens (including phenoxy) is 1. The summed E-state index contributed by atoms with van der Waals surface area (Å²) in [5.74, 6) is 1.72. The van der Waals surface area contributed by atoms with Gasteiger partial charge in [-0.1, -0.05) is 6.92 Å². The standard InChI is InChI=1S/C13H25N5O/c1-4-5-14-12-10-13(17-11-16-12)15-6-7-18(2)8-9-19-3/h10-11H,4-9H2,1-3H3,(H2,14,15,16,17). The van der Waals surface area contributed by atoms with Crippen LogP contribution in [0.3, 0.4) is 0 Å². The highest BCUT2D eigenvalue weighted by Crippen LogP contribution is 2.07. The van der Waals surface area contributed by atoms with Crippen LogP contribution in [0.1, 0.15) is 13.3 Å². The Balaban J connectivity index is 2.28. The van der Waals surface area contributed by atoms with Gasteiger partial charge in [-0.2, -0.15) is 0 Å². The van der Waals surface area contributed by atoms with Crippen LogP contribution >= 0.6 is 0 Å². The number of likely N-dealkylation sites (N-methyl/N-ethyl adjacent to an activating group) is 1. The molecule has 108 valence electrons. The Labute approximate surface area is 115 Å². The number of anilines is 2. The molecule has 1 aromatic rings. The number of rotatable bonds is 10. The predicted molar refractivity (Wildman–Crippen MR) is 78.7 cm³/mol. The number of hydrogen-bond acceptors (Lipinski definition) is 6. The molecule has 0 atom stereocenters. The number of aromatic nitrogens is 2. The molecule has 1 aromatic heterocycles. The second kappa shape index (κ2) is 9.52. The lowest BCUT2D eigenvalue weighted by Gasteiger charge is -2.16. The molecule has 6 heteroatoms. The molecule has 0 aliphatic heterocycles. The fourth-order valence-corrected chi connectivity index (χ4v) is 1.54. The zero-order chi connectivity index (χ0) is 13.9. The van der Waals surface area contributed by atoms with E-state index in [1.807, 2.05) is 6.07 Å². The van der Waals surface area contributed by atoms with Crippen LogP contribution < -0.4 is 10.6 Å². The molecule has 1 heterocycles. The van der Waals surface area contributed by atoms with E-state index in [9.17, 15) is 0 Å². The van der Waals surface area contributed by atoms with E-state index in [0.717, 1.165) is 50.8 Å². The van der Waals surface area contributed by atoms with E-state index in [1.165, 1.54) is 0 Å². The van der Waals surface area contributed by atoms with Gasteiger partial charge in [0.2, 0.25) is 0 Å². The van der Waals surface area contributed by atoms with E-state index < -0.39 is 0 Å². The smallest absolute Gasteiger partial charge is 0.131 e. The molecule has 0 bridgehead atoms. The monoisotopic (exact) mass is 267 g/mol. The highest BCUT2D eigenvalue weighted by Gasteiger charge is 2.00. The van der Waals surface area contributed by atoms with Crippen LogP contribution in [0, 0.1) is 0 Å². The summed E-state index contributed by atoms with van der Waals surface area (Å²) in [5.41, 5.74) is 0. The summed E-state index contributed by atoms with van der Waals surface area (Å²) < 4.78 is 5.04. The maximum atomic E-state index is 5.04. The van der Waals surface area contributed by atoms with Gasteiger partial charge in [0.05, 0.1) is 6.61 Å². The SMILES string of the molecule is CCCNc1cc(NCCN(C)CCOC)ncn1. The maximum absolute atomic E-state index is 5.04. The Hall–Kier alpha value is -1.40. The lowest BCUT2D eigenvalue weighted by atomic mass is 10.4. The van der Waals surface area contributed by atoms with Crippen molar-refractivity contribution in [1.29, 1.82) is 0 Å². The second-order valence-electron chi connectivity index (χ2n) is 4.44. The molecule has 0 aromatic carbocycles.